The predicted octanol–water partition coefficient (Wildman–Crippen LogP) is 2.60. The first-order valence-electron chi connectivity index (χ1n) is 5.44. The maximum absolute atomic E-state index is 12.5. The molecule has 0 radical (unpaired) electrons. The highest BCUT2D eigenvalue weighted by Crippen LogP contribution is 2.31. The third-order valence-electron chi connectivity index (χ3n) is 2.67. The normalized spacial score (nSPS) is 11.6. The molecule has 0 unspecified atom stereocenters. The lowest BCUT2D eigenvalue weighted by Crippen LogP contribution is -2.07. The van der Waals surface area contributed by atoms with E-state index in [2.05, 4.69) is 4.98 Å². The van der Waals surface area contributed by atoms with Crippen molar-refractivity contribution in [2.45, 2.75) is 12.8 Å². The van der Waals surface area contributed by atoms with Crippen molar-refractivity contribution in [3.63, 3.8) is 0 Å². The molecular weight excluding hydrogens is 259 g/mol. The van der Waals surface area contributed by atoms with Gasteiger partial charge < -0.3 is 15.0 Å². The maximum Gasteiger partial charge on any atom is 0.416 e. The molecule has 4 nitrogen and oxygen atoms in total. The van der Waals surface area contributed by atoms with Gasteiger partial charge in [0.15, 0.2) is 5.95 Å². The van der Waals surface area contributed by atoms with Crippen LogP contribution in [0.25, 0.3) is 0 Å². The number of halogens is 3. The fourth-order valence-corrected chi connectivity index (χ4v) is 1.51. The summed E-state index contributed by atoms with van der Waals surface area (Å²) < 4.78 is 44.4. The number of benzene rings is 1. The Hall–Kier alpha value is -2.18. The Kier molecular flexibility index (Phi) is 3.37. The van der Waals surface area contributed by atoms with Gasteiger partial charge in [-0.05, 0) is 18.2 Å². The molecule has 1 heterocycles. The van der Waals surface area contributed by atoms with Gasteiger partial charge in [0.25, 0.3) is 0 Å². The van der Waals surface area contributed by atoms with E-state index in [-0.39, 0.29) is 12.4 Å². The van der Waals surface area contributed by atoms with Crippen molar-refractivity contribution in [2.75, 3.05) is 5.73 Å². The highest BCUT2D eigenvalue weighted by molar-refractivity contribution is 5.30. The van der Waals surface area contributed by atoms with Crippen molar-refractivity contribution >= 4 is 5.95 Å². The molecule has 2 N–H and O–H groups in total. The molecule has 0 fully saturated rings. The molecular formula is C12H12F3N3O. The summed E-state index contributed by atoms with van der Waals surface area (Å²) in [4.78, 5) is 3.87. The second-order valence-electron chi connectivity index (χ2n) is 3.98. The zero-order valence-electron chi connectivity index (χ0n) is 10.1. The molecule has 0 aliphatic carbocycles. The SMILES string of the molecule is Cn1c(COc2cccc(C(F)(F)F)c2)cnc1N. The van der Waals surface area contributed by atoms with Crippen LogP contribution < -0.4 is 10.5 Å². The van der Waals surface area contributed by atoms with Crippen LogP contribution in [0, 0.1) is 0 Å². The summed E-state index contributed by atoms with van der Waals surface area (Å²) in [6, 6.07) is 4.72. The molecule has 0 atom stereocenters. The molecule has 0 bridgehead atoms. The monoisotopic (exact) mass is 271 g/mol. The molecule has 0 aliphatic rings. The van der Waals surface area contributed by atoms with Crippen LogP contribution in [0.2, 0.25) is 0 Å². The van der Waals surface area contributed by atoms with Gasteiger partial charge in [-0.3, -0.25) is 0 Å². The molecule has 0 spiro atoms. The van der Waals surface area contributed by atoms with Crippen LogP contribution in [-0.2, 0) is 19.8 Å². The number of alkyl halides is 3. The number of imidazole rings is 1. The predicted molar refractivity (Wildman–Crippen MR) is 63.4 cm³/mol. The Bertz CT molecular complexity index is 578. The standard InChI is InChI=1S/C12H12F3N3O/c1-18-9(6-17-11(18)16)7-19-10-4-2-3-8(5-10)12(13,14)15/h2-6H,7H2,1H3,(H2,16,17). The van der Waals surface area contributed by atoms with Crippen LogP contribution in [0.5, 0.6) is 5.75 Å². The van der Waals surface area contributed by atoms with E-state index < -0.39 is 11.7 Å². The van der Waals surface area contributed by atoms with Gasteiger partial charge in [-0.2, -0.15) is 13.2 Å². The highest BCUT2D eigenvalue weighted by atomic mass is 19.4. The van der Waals surface area contributed by atoms with Crippen LogP contribution in [-0.4, -0.2) is 9.55 Å². The zero-order chi connectivity index (χ0) is 14.0. The number of nitrogen functional groups attached to an aromatic ring is 1. The van der Waals surface area contributed by atoms with Crippen molar-refractivity contribution in [3.05, 3.63) is 41.7 Å². The second kappa shape index (κ2) is 4.83. The molecule has 7 heteroatoms. The maximum atomic E-state index is 12.5. The summed E-state index contributed by atoms with van der Waals surface area (Å²) in [6.45, 7) is 0.0992. The Morgan fingerprint density at radius 3 is 2.68 bits per heavy atom. The summed E-state index contributed by atoms with van der Waals surface area (Å²) in [5, 5.41) is 0. The van der Waals surface area contributed by atoms with E-state index in [1.54, 1.807) is 11.6 Å². The smallest absolute Gasteiger partial charge is 0.416 e. The summed E-state index contributed by atoms with van der Waals surface area (Å²) >= 11 is 0. The van der Waals surface area contributed by atoms with Crippen molar-refractivity contribution in [1.82, 2.24) is 9.55 Å². The number of aromatic nitrogens is 2. The van der Waals surface area contributed by atoms with Gasteiger partial charge >= 0.3 is 6.18 Å². The van der Waals surface area contributed by atoms with Crippen LogP contribution in [0.3, 0.4) is 0 Å². The molecule has 2 aromatic rings. The largest absolute Gasteiger partial charge is 0.487 e. The van der Waals surface area contributed by atoms with Crippen LogP contribution in [0.15, 0.2) is 30.5 Å². The van der Waals surface area contributed by atoms with Gasteiger partial charge in [-0.15, -0.1) is 0 Å². The molecule has 1 aromatic carbocycles. The zero-order valence-corrected chi connectivity index (χ0v) is 10.1. The quantitative estimate of drug-likeness (QED) is 0.933. The fraction of sp³-hybridized carbons (Fsp3) is 0.250. The summed E-state index contributed by atoms with van der Waals surface area (Å²) in [7, 11) is 1.70. The fourth-order valence-electron chi connectivity index (χ4n) is 1.51. The molecule has 0 saturated heterocycles. The van der Waals surface area contributed by atoms with Crippen molar-refractivity contribution in [1.29, 1.82) is 0 Å². The lowest BCUT2D eigenvalue weighted by molar-refractivity contribution is -0.137. The van der Waals surface area contributed by atoms with E-state index >= 15 is 0 Å². The van der Waals surface area contributed by atoms with Crippen LogP contribution in [0.1, 0.15) is 11.3 Å². The highest BCUT2D eigenvalue weighted by Gasteiger charge is 2.30. The van der Waals surface area contributed by atoms with Gasteiger partial charge in [-0.25, -0.2) is 4.98 Å². The van der Waals surface area contributed by atoms with E-state index in [0.717, 1.165) is 12.1 Å². The number of ether oxygens (including phenoxy) is 1. The third-order valence-corrected chi connectivity index (χ3v) is 2.67. The summed E-state index contributed by atoms with van der Waals surface area (Å²) in [5.74, 6) is 0.470. The second-order valence-corrected chi connectivity index (χ2v) is 3.98. The molecule has 0 aliphatic heterocycles. The first-order valence-corrected chi connectivity index (χ1v) is 5.44. The summed E-state index contributed by atoms with van der Waals surface area (Å²) in [6.07, 6.45) is -2.86. The Balaban J connectivity index is 2.10. The number of hydrogen-bond acceptors (Lipinski definition) is 3. The number of rotatable bonds is 3. The molecule has 1 aromatic heterocycles. The Labute approximate surface area is 107 Å². The topological polar surface area (TPSA) is 53.1 Å². The molecule has 0 amide bonds. The minimum Gasteiger partial charge on any atom is -0.487 e. The average Bonchev–Trinajstić information content (AvgIpc) is 2.67. The van der Waals surface area contributed by atoms with E-state index in [9.17, 15) is 13.2 Å². The number of nitrogens with two attached hydrogens (primary N) is 1. The van der Waals surface area contributed by atoms with Crippen molar-refractivity contribution in [3.8, 4) is 5.75 Å². The van der Waals surface area contributed by atoms with Gasteiger partial charge in [0.05, 0.1) is 17.5 Å². The number of nitrogens with zero attached hydrogens (tertiary/aromatic N) is 2. The average molecular weight is 271 g/mol. The number of anilines is 1. The lowest BCUT2D eigenvalue weighted by Gasteiger charge is -2.10. The van der Waals surface area contributed by atoms with Crippen molar-refractivity contribution < 1.29 is 17.9 Å². The van der Waals surface area contributed by atoms with Crippen molar-refractivity contribution in [2.24, 2.45) is 7.05 Å². The van der Waals surface area contributed by atoms with Gasteiger partial charge in [0, 0.05) is 7.05 Å². The Morgan fingerprint density at radius 1 is 1.37 bits per heavy atom. The lowest BCUT2D eigenvalue weighted by atomic mass is 10.2. The number of hydrogen-bond donors (Lipinski definition) is 1. The molecule has 2 rings (SSSR count). The first-order chi connectivity index (χ1) is 8.88. The van der Waals surface area contributed by atoms with E-state index in [0.29, 0.717) is 11.6 Å². The van der Waals surface area contributed by atoms with E-state index in [1.807, 2.05) is 0 Å². The van der Waals surface area contributed by atoms with Gasteiger partial charge in [0.2, 0.25) is 0 Å². The van der Waals surface area contributed by atoms with Crippen LogP contribution in [0.4, 0.5) is 19.1 Å². The summed E-state index contributed by atoms with van der Waals surface area (Å²) in [5.41, 5.74) is 5.47. The van der Waals surface area contributed by atoms with Crippen LogP contribution >= 0.6 is 0 Å². The minimum absolute atomic E-state index is 0.0992. The minimum atomic E-state index is -4.38. The molecule has 0 saturated carbocycles. The Morgan fingerprint density at radius 2 is 2.11 bits per heavy atom. The molecule has 102 valence electrons. The first kappa shape index (κ1) is 13.3. The van der Waals surface area contributed by atoms with Gasteiger partial charge in [-0.1, -0.05) is 6.07 Å². The molecule has 19 heavy (non-hydrogen) atoms. The van der Waals surface area contributed by atoms with E-state index in [4.69, 9.17) is 10.5 Å². The third kappa shape index (κ3) is 2.98. The van der Waals surface area contributed by atoms with Gasteiger partial charge in [0.1, 0.15) is 12.4 Å². The van der Waals surface area contributed by atoms with E-state index in [1.165, 1.54) is 18.3 Å².